The molecule has 2 N–H and O–H groups in total. The average Bonchev–Trinajstić information content (AvgIpc) is 3.44. The molecule has 174 valence electrons. The number of nitrogens with zero attached hydrogens (tertiary/aromatic N) is 2. The van der Waals surface area contributed by atoms with Gasteiger partial charge in [0.1, 0.15) is 4.88 Å². The fourth-order valence-electron chi connectivity index (χ4n) is 3.21. The van der Waals surface area contributed by atoms with Gasteiger partial charge >= 0.3 is 5.97 Å². The largest absolute Gasteiger partial charge is 0.493 e. The van der Waals surface area contributed by atoms with Gasteiger partial charge in [0.25, 0.3) is 5.91 Å². The summed E-state index contributed by atoms with van der Waals surface area (Å²) in [5.74, 6) is -0.289. The Morgan fingerprint density at radius 1 is 1.12 bits per heavy atom. The second kappa shape index (κ2) is 9.21. The van der Waals surface area contributed by atoms with E-state index < -0.39 is 16.0 Å². The lowest BCUT2D eigenvalue weighted by molar-refractivity contribution is -0.114. The zero-order valence-corrected chi connectivity index (χ0v) is 19.7. The number of carbonyl (C=O) groups excluding carboxylic acids is 2. The summed E-state index contributed by atoms with van der Waals surface area (Å²) in [7, 11) is -2.39. The van der Waals surface area contributed by atoms with Crippen molar-refractivity contribution in [1.82, 2.24) is 0 Å². The molecule has 0 radical (unpaired) electrons. The number of carbonyl (C=O) groups is 2. The topological polar surface area (TPSA) is 128 Å². The molecule has 0 bridgehead atoms. The maximum atomic E-state index is 13.0. The number of hydrogen-bond donors (Lipinski definition) is 1. The molecule has 9 nitrogen and oxygen atoms in total. The van der Waals surface area contributed by atoms with Crippen LogP contribution in [0, 0.1) is 0 Å². The predicted molar refractivity (Wildman–Crippen MR) is 129 cm³/mol. The zero-order chi connectivity index (χ0) is 24.5. The normalized spacial score (nSPS) is 14.9. The second-order valence-corrected chi connectivity index (χ2v) is 9.69. The van der Waals surface area contributed by atoms with Gasteiger partial charge in [-0.1, -0.05) is 12.1 Å². The molecule has 34 heavy (non-hydrogen) atoms. The Morgan fingerprint density at radius 3 is 2.47 bits per heavy atom. The van der Waals surface area contributed by atoms with Crippen LogP contribution >= 0.6 is 11.3 Å². The summed E-state index contributed by atoms with van der Waals surface area (Å²) in [5, 5.41) is 12.4. The molecule has 0 unspecified atom stereocenters. The summed E-state index contributed by atoms with van der Waals surface area (Å²) < 4.78 is 33.7. The van der Waals surface area contributed by atoms with E-state index in [9.17, 15) is 18.0 Å². The first-order valence-electron chi connectivity index (χ1n) is 9.85. The first-order valence-corrected chi connectivity index (χ1v) is 12.3. The number of anilines is 1. The van der Waals surface area contributed by atoms with E-state index in [0.717, 1.165) is 0 Å². The molecule has 11 heteroatoms. The van der Waals surface area contributed by atoms with Gasteiger partial charge in [0, 0.05) is 0 Å². The number of benzene rings is 2. The SMILES string of the molecule is COc1cc(/C=C2\C(=O)N(c3ccc(S(N)(=O)=O)cc3)N=C2C)ccc1OC(=O)c1cccs1. The summed E-state index contributed by atoms with van der Waals surface area (Å²) >= 11 is 1.27. The third-order valence-corrected chi connectivity index (χ3v) is 6.68. The van der Waals surface area contributed by atoms with Crippen LogP contribution in [0.3, 0.4) is 0 Å². The van der Waals surface area contributed by atoms with Crippen LogP contribution in [0.5, 0.6) is 11.5 Å². The Balaban J connectivity index is 1.57. The Bertz CT molecular complexity index is 1430. The number of methoxy groups -OCH3 is 1. The molecule has 3 aromatic rings. The lowest BCUT2D eigenvalue weighted by Gasteiger charge is -2.12. The van der Waals surface area contributed by atoms with E-state index in [2.05, 4.69) is 5.10 Å². The lowest BCUT2D eigenvalue weighted by atomic mass is 10.1. The van der Waals surface area contributed by atoms with E-state index in [-0.39, 0.29) is 16.6 Å². The summed E-state index contributed by atoms with van der Waals surface area (Å²) in [6.07, 6.45) is 1.65. The molecule has 0 spiro atoms. The highest BCUT2D eigenvalue weighted by Gasteiger charge is 2.29. The van der Waals surface area contributed by atoms with Crippen molar-refractivity contribution in [3.8, 4) is 11.5 Å². The first kappa shape index (κ1) is 23.4. The van der Waals surface area contributed by atoms with E-state index in [0.29, 0.717) is 33.2 Å². The van der Waals surface area contributed by atoms with Gasteiger partial charge in [-0.25, -0.2) is 18.4 Å². The minimum atomic E-state index is -3.84. The Kier molecular flexibility index (Phi) is 6.33. The van der Waals surface area contributed by atoms with Gasteiger partial charge in [0.15, 0.2) is 11.5 Å². The number of hydrazone groups is 1. The van der Waals surface area contributed by atoms with Crippen LogP contribution < -0.4 is 19.6 Å². The molecule has 2 heterocycles. The highest BCUT2D eigenvalue weighted by atomic mass is 32.2. The predicted octanol–water partition coefficient (Wildman–Crippen LogP) is 3.43. The van der Waals surface area contributed by atoms with Crippen LogP contribution in [0.2, 0.25) is 0 Å². The fraction of sp³-hybridized carbons (Fsp3) is 0.0870. The van der Waals surface area contributed by atoms with Crippen molar-refractivity contribution >= 4 is 50.7 Å². The first-order chi connectivity index (χ1) is 16.2. The molecule has 0 saturated carbocycles. The Hall–Kier alpha value is -3.80. The molecular weight excluding hydrogens is 478 g/mol. The average molecular weight is 498 g/mol. The highest BCUT2D eigenvalue weighted by molar-refractivity contribution is 7.89. The van der Waals surface area contributed by atoms with Gasteiger partial charge in [-0.15, -0.1) is 11.3 Å². The molecule has 0 aliphatic carbocycles. The van der Waals surface area contributed by atoms with Gasteiger partial charge in [-0.2, -0.15) is 10.1 Å². The van der Waals surface area contributed by atoms with Gasteiger partial charge in [0.2, 0.25) is 10.0 Å². The maximum absolute atomic E-state index is 13.0. The summed E-state index contributed by atoms with van der Waals surface area (Å²) in [5.41, 5.74) is 1.86. The molecule has 4 rings (SSSR count). The van der Waals surface area contributed by atoms with Crippen LogP contribution in [0.25, 0.3) is 6.08 Å². The van der Waals surface area contributed by atoms with Crippen molar-refractivity contribution < 1.29 is 27.5 Å². The van der Waals surface area contributed by atoms with Crippen molar-refractivity contribution in [3.63, 3.8) is 0 Å². The molecule has 2 aromatic carbocycles. The monoisotopic (exact) mass is 497 g/mol. The number of hydrogen-bond acceptors (Lipinski definition) is 8. The fourth-order valence-corrected chi connectivity index (χ4v) is 4.32. The molecule has 0 saturated heterocycles. The van der Waals surface area contributed by atoms with E-state index >= 15 is 0 Å². The van der Waals surface area contributed by atoms with Crippen LogP contribution in [-0.4, -0.2) is 33.1 Å². The van der Waals surface area contributed by atoms with Crippen LogP contribution in [0.15, 0.2) is 75.5 Å². The molecule has 1 aliphatic heterocycles. The van der Waals surface area contributed by atoms with E-state index in [1.807, 2.05) is 0 Å². The minimum Gasteiger partial charge on any atom is -0.493 e. The third-order valence-electron chi connectivity index (χ3n) is 4.90. The Labute approximate surface area is 199 Å². The number of esters is 1. The van der Waals surface area contributed by atoms with Crippen molar-refractivity contribution in [1.29, 1.82) is 0 Å². The minimum absolute atomic E-state index is 0.0636. The molecular formula is C23H19N3O6S2. The van der Waals surface area contributed by atoms with E-state index in [1.54, 1.807) is 48.7 Å². The van der Waals surface area contributed by atoms with E-state index in [1.165, 1.54) is 47.7 Å². The van der Waals surface area contributed by atoms with Crippen LogP contribution in [0.1, 0.15) is 22.2 Å². The summed E-state index contributed by atoms with van der Waals surface area (Å²) in [4.78, 5) is 25.7. The summed E-state index contributed by atoms with van der Waals surface area (Å²) in [6.45, 7) is 1.69. The molecule has 1 aliphatic rings. The van der Waals surface area contributed by atoms with Crippen LogP contribution in [0.4, 0.5) is 5.69 Å². The highest BCUT2D eigenvalue weighted by Crippen LogP contribution is 2.31. The number of nitrogens with two attached hydrogens (primary N) is 1. The van der Waals surface area contributed by atoms with Crippen molar-refractivity contribution in [2.45, 2.75) is 11.8 Å². The van der Waals surface area contributed by atoms with Crippen molar-refractivity contribution in [2.75, 3.05) is 12.1 Å². The number of thiophene rings is 1. The zero-order valence-electron chi connectivity index (χ0n) is 18.1. The third kappa shape index (κ3) is 4.76. The van der Waals surface area contributed by atoms with Crippen molar-refractivity contribution in [3.05, 3.63) is 76.0 Å². The standard InChI is InChI=1S/C23H19N3O6S2/c1-14-18(22(27)26(25-14)16-6-8-17(9-7-16)34(24,29)30)12-15-5-10-19(20(13-15)31-2)32-23(28)21-4-3-11-33-21/h3-13H,1-2H3,(H2,24,29,30)/b18-12-. The van der Waals surface area contributed by atoms with Crippen molar-refractivity contribution in [2.24, 2.45) is 10.2 Å². The molecule has 0 fully saturated rings. The molecule has 1 amide bonds. The Morgan fingerprint density at radius 2 is 1.85 bits per heavy atom. The van der Waals surface area contributed by atoms with Gasteiger partial charge in [-0.05, 0) is 66.4 Å². The molecule has 1 aromatic heterocycles. The quantitative estimate of drug-likeness (QED) is 0.316. The number of rotatable bonds is 6. The lowest BCUT2D eigenvalue weighted by Crippen LogP contribution is -2.21. The maximum Gasteiger partial charge on any atom is 0.353 e. The summed E-state index contributed by atoms with van der Waals surface area (Å²) in [6, 6.07) is 13.9. The van der Waals surface area contributed by atoms with Crippen LogP contribution in [-0.2, 0) is 14.8 Å². The van der Waals surface area contributed by atoms with E-state index in [4.69, 9.17) is 14.6 Å². The number of amides is 1. The second-order valence-electron chi connectivity index (χ2n) is 7.18. The number of ether oxygens (including phenoxy) is 2. The number of primary sulfonamides is 1. The molecule has 0 atom stereocenters. The smallest absolute Gasteiger partial charge is 0.353 e. The number of sulfonamides is 1. The van der Waals surface area contributed by atoms with Gasteiger partial charge in [-0.3, -0.25) is 4.79 Å². The van der Waals surface area contributed by atoms with Gasteiger partial charge in [0.05, 0.1) is 29.0 Å². The van der Waals surface area contributed by atoms with Gasteiger partial charge < -0.3 is 9.47 Å².